The number of rotatable bonds is 2. The molecule has 2 heterocycles. The van der Waals surface area contributed by atoms with E-state index in [1.54, 1.807) is 19.9 Å². The molecule has 0 bridgehead atoms. The van der Waals surface area contributed by atoms with Crippen LogP contribution in [0.4, 0.5) is 5.95 Å². The van der Waals surface area contributed by atoms with E-state index in [2.05, 4.69) is 20.3 Å². The van der Waals surface area contributed by atoms with Gasteiger partial charge in [0.25, 0.3) is 11.5 Å². The highest BCUT2D eigenvalue weighted by molar-refractivity contribution is 6.06. The van der Waals surface area contributed by atoms with Crippen molar-refractivity contribution in [3.05, 3.63) is 50.7 Å². The third-order valence-electron chi connectivity index (χ3n) is 3.96. The molecule has 7 heteroatoms. The number of aromatic amines is 1. The topological polar surface area (TPSA) is 105 Å². The number of hydrogen-bond donors (Lipinski definition) is 2. The first-order chi connectivity index (χ1) is 11.3. The van der Waals surface area contributed by atoms with Crippen molar-refractivity contribution in [1.82, 2.24) is 15.0 Å². The Labute approximate surface area is 138 Å². The lowest BCUT2D eigenvalue weighted by atomic mass is 9.86. The number of carbonyl (C=O) groups excluding carboxylic acids is 2. The number of anilines is 1. The Bertz CT molecular complexity index is 881. The zero-order chi connectivity index (χ0) is 17.4. The van der Waals surface area contributed by atoms with Crippen molar-refractivity contribution in [2.45, 2.75) is 33.6 Å². The number of H-pyrrole nitrogens is 1. The Balaban J connectivity index is 1.94. The molecule has 0 saturated carbocycles. The van der Waals surface area contributed by atoms with Crippen LogP contribution in [0.5, 0.6) is 0 Å². The first-order valence-electron chi connectivity index (χ1n) is 7.76. The second kappa shape index (κ2) is 5.99. The highest BCUT2D eigenvalue weighted by Gasteiger charge is 2.25. The molecule has 1 unspecified atom stereocenters. The van der Waals surface area contributed by atoms with E-state index in [4.69, 9.17) is 0 Å². The normalized spacial score (nSPS) is 16.6. The summed E-state index contributed by atoms with van der Waals surface area (Å²) < 4.78 is 0. The van der Waals surface area contributed by atoms with Gasteiger partial charge in [0.2, 0.25) is 5.95 Å². The summed E-state index contributed by atoms with van der Waals surface area (Å²) in [6.45, 7) is 5.53. The number of aromatic nitrogens is 3. The van der Waals surface area contributed by atoms with E-state index in [1.807, 2.05) is 6.92 Å². The number of amides is 1. The predicted octanol–water partition coefficient (Wildman–Crippen LogP) is 1.80. The molecule has 0 aromatic carbocycles. The maximum Gasteiger partial charge on any atom is 0.263 e. The quantitative estimate of drug-likeness (QED) is 0.875. The van der Waals surface area contributed by atoms with Crippen molar-refractivity contribution >= 4 is 17.6 Å². The van der Waals surface area contributed by atoms with Crippen LogP contribution < -0.4 is 10.9 Å². The summed E-state index contributed by atoms with van der Waals surface area (Å²) in [6.07, 6.45) is 1.04. The molecule has 0 spiro atoms. The van der Waals surface area contributed by atoms with Gasteiger partial charge in [-0.15, -0.1) is 0 Å². The molecule has 7 nitrogen and oxygen atoms in total. The van der Waals surface area contributed by atoms with Gasteiger partial charge in [0.1, 0.15) is 5.56 Å². The minimum absolute atomic E-state index is 0.0586. The molecule has 2 aromatic heterocycles. The van der Waals surface area contributed by atoms with E-state index in [0.717, 1.165) is 0 Å². The van der Waals surface area contributed by atoms with Crippen LogP contribution in [0.2, 0.25) is 0 Å². The van der Waals surface area contributed by atoms with Crippen molar-refractivity contribution in [3.8, 4) is 0 Å². The molecule has 1 amide bonds. The molecular formula is C17H18N4O3. The molecule has 0 radical (unpaired) electrons. The number of nitrogens with one attached hydrogen (secondary N) is 2. The number of carbonyl (C=O) groups is 2. The molecule has 24 heavy (non-hydrogen) atoms. The van der Waals surface area contributed by atoms with Gasteiger partial charge < -0.3 is 4.98 Å². The van der Waals surface area contributed by atoms with Gasteiger partial charge in [-0.2, -0.15) is 0 Å². The average molecular weight is 326 g/mol. The van der Waals surface area contributed by atoms with Gasteiger partial charge in [-0.25, -0.2) is 9.97 Å². The van der Waals surface area contributed by atoms with E-state index in [9.17, 15) is 14.4 Å². The lowest BCUT2D eigenvalue weighted by Gasteiger charge is -2.20. The van der Waals surface area contributed by atoms with Crippen LogP contribution >= 0.6 is 0 Å². The highest BCUT2D eigenvalue weighted by Crippen LogP contribution is 2.23. The highest BCUT2D eigenvalue weighted by atomic mass is 16.2. The van der Waals surface area contributed by atoms with Gasteiger partial charge >= 0.3 is 0 Å². The fourth-order valence-electron chi connectivity index (χ4n) is 2.94. The van der Waals surface area contributed by atoms with E-state index in [0.29, 0.717) is 35.5 Å². The third kappa shape index (κ3) is 3.10. The van der Waals surface area contributed by atoms with E-state index in [1.165, 1.54) is 6.07 Å². The molecular weight excluding hydrogens is 308 g/mol. The molecule has 2 aromatic rings. The Kier molecular flexibility index (Phi) is 4.01. The first kappa shape index (κ1) is 16.0. The molecule has 0 aliphatic heterocycles. The van der Waals surface area contributed by atoms with Crippen LogP contribution in [-0.4, -0.2) is 26.6 Å². The summed E-state index contributed by atoms with van der Waals surface area (Å²) >= 11 is 0. The fraction of sp³-hybridized carbons (Fsp3) is 0.353. The van der Waals surface area contributed by atoms with E-state index >= 15 is 0 Å². The van der Waals surface area contributed by atoms with Crippen LogP contribution in [0.3, 0.4) is 0 Å². The van der Waals surface area contributed by atoms with Crippen LogP contribution in [0.15, 0.2) is 16.9 Å². The smallest absolute Gasteiger partial charge is 0.263 e. The van der Waals surface area contributed by atoms with Gasteiger partial charge in [0.05, 0.1) is 0 Å². The van der Waals surface area contributed by atoms with Gasteiger partial charge in [0.15, 0.2) is 5.78 Å². The molecule has 124 valence electrons. The average Bonchev–Trinajstić information content (AvgIpc) is 2.44. The van der Waals surface area contributed by atoms with Gasteiger partial charge in [-0.1, -0.05) is 6.92 Å². The molecule has 1 aliphatic rings. The van der Waals surface area contributed by atoms with Crippen molar-refractivity contribution in [3.63, 3.8) is 0 Å². The van der Waals surface area contributed by atoms with Crippen LogP contribution in [0, 0.1) is 19.8 Å². The van der Waals surface area contributed by atoms with Crippen molar-refractivity contribution in [2.75, 3.05) is 5.32 Å². The second-order valence-corrected chi connectivity index (χ2v) is 6.27. The molecule has 1 atom stereocenters. The number of hydrogen-bond acceptors (Lipinski definition) is 5. The summed E-state index contributed by atoms with van der Waals surface area (Å²) in [7, 11) is 0. The van der Waals surface area contributed by atoms with Gasteiger partial charge in [-0.3, -0.25) is 19.7 Å². The van der Waals surface area contributed by atoms with Crippen molar-refractivity contribution in [2.24, 2.45) is 5.92 Å². The zero-order valence-electron chi connectivity index (χ0n) is 13.8. The maximum atomic E-state index is 12.4. The molecule has 1 aliphatic carbocycles. The van der Waals surface area contributed by atoms with Crippen LogP contribution in [0.1, 0.15) is 51.1 Å². The predicted molar refractivity (Wildman–Crippen MR) is 88.3 cm³/mol. The summed E-state index contributed by atoms with van der Waals surface area (Å²) in [5, 5.41) is 2.52. The number of ketones is 1. The first-order valence-corrected chi connectivity index (χ1v) is 7.76. The van der Waals surface area contributed by atoms with Crippen molar-refractivity contribution in [1.29, 1.82) is 0 Å². The molecule has 2 N–H and O–H groups in total. The summed E-state index contributed by atoms with van der Waals surface area (Å²) in [4.78, 5) is 47.7. The number of aryl methyl sites for hydroxylation is 2. The Hall–Kier alpha value is -2.83. The largest absolute Gasteiger partial charge is 0.325 e. The maximum absolute atomic E-state index is 12.4. The van der Waals surface area contributed by atoms with Crippen LogP contribution in [0.25, 0.3) is 0 Å². The molecule has 0 fully saturated rings. The Morgan fingerprint density at radius 2 is 1.83 bits per heavy atom. The summed E-state index contributed by atoms with van der Waals surface area (Å²) in [5.74, 6) is -0.370. The molecule has 3 rings (SSSR count). The monoisotopic (exact) mass is 326 g/mol. The minimum atomic E-state index is -0.629. The number of Topliss-reactive ketones (excluding diaryl/α,β-unsaturated/α-hetero) is 1. The summed E-state index contributed by atoms with van der Waals surface area (Å²) in [6, 6.07) is 3.15. The number of fused-ring (bicyclic) bond motifs is 1. The van der Waals surface area contributed by atoms with Crippen LogP contribution in [-0.2, 0) is 6.42 Å². The Morgan fingerprint density at radius 1 is 1.17 bits per heavy atom. The standard InChI is InChI=1S/C17H18N4O3/c1-8-4-13-11(14(22)5-8)7-12(15(23)20-13)16(24)21-17-18-9(2)6-10(3)19-17/h6-8H,4-5H2,1-3H3,(H,20,23)(H,18,19,21,24). The number of pyridine rings is 1. The second-order valence-electron chi connectivity index (χ2n) is 6.27. The van der Waals surface area contributed by atoms with E-state index < -0.39 is 11.5 Å². The van der Waals surface area contributed by atoms with Gasteiger partial charge in [0, 0.05) is 29.1 Å². The zero-order valence-corrected chi connectivity index (χ0v) is 13.8. The van der Waals surface area contributed by atoms with Gasteiger partial charge in [-0.05, 0) is 38.3 Å². The number of nitrogens with zero attached hydrogens (tertiary/aromatic N) is 2. The minimum Gasteiger partial charge on any atom is -0.325 e. The fourth-order valence-corrected chi connectivity index (χ4v) is 2.94. The summed E-state index contributed by atoms with van der Waals surface area (Å²) in [5.41, 5.74) is 1.81. The SMILES string of the molecule is Cc1cc(C)nc(NC(=O)c2cc3c([nH]c2=O)CC(C)CC3=O)n1. The lowest BCUT2D eigenvalue weighted by molar-refractivity contribution is 0.0952. The lowest BCUT2D eigenvalue weighted by Crippen LogP contribution is -2.29. The third-order valence-corrected chi connectivity index (χ3v) is 3.96. The van der Waals surface area contributed by atoms with E-state index in [-0.39, 0.29) is 23.2 Å². The Morgan fingerprint density at radius 3 is 2.50 bits per heavy atom. The van der Waals surface area contributed by atoms with Crippen molar-refractivity contribution < 1.29 is 9.59 Å². The molecule has 0 saturated heterocycles.